The number of hydrogen-bond acceptors (Lipinski definition) is 12. The number of aliphatic hydroxyl groups excluding tert-OH is 4. The van der Waals surface area contributed by atoms with Gasteiger partial charge in [-0.25, -0.2) is 9.97 Å². The van der Waals surface area contributed by atoms with Crippen molar-refractivity contribution >= 4 is 38.7 Å². The van der Waals surface area contributed by atoms with E-state index in [1.165, 1.54) is 17.5 Å². The van der Waals surface area contributed by atoms with Crippen LogP contribution in [0.4, 0.5) is 10.3 Å². The zero-order valence-electron chi connectivity index (χ0n) is 16.0. The van der Waals surface area contributed by atoms with Gasteiger partial charge in [0.05, 0.1) is 29.9 Å². The standard InChI is InChI=1S/C18H22N4O6S2/c1-3-4-19-18-22-8(2)16(30-18)14(26)11-6-21-17(29-11)20-5-9-12(24)15(27)13(25)10(7-23)28-9/h1,6,9-10,12-13,15,23-25,27H,4-5,7H2,2H3,(H,19,22)(H,20,21). The summed E-state index contributed by atoms with van der Waals surface area (Å²) in [6.45, 7) is 1.61. The third-order valence-electron chi connectivity index (χ3n) is 4.52. The summed E-state index contributed by atoms with van der Waals surface area (Å²) < 4.78 is 5.44. The molecule has 5 unspecified atom stereocenters. The minimum absolute atomic E-state index is 0.0579. The van der Waals surface area contributed by atoms with Crippen molar-refractivity contribution in [2.45, 2.75) is 37.4 Å². The molecule has 1 fully saturated rings. The summed E-state index contributed by atoms with van der Waals surface area (Å²) in [4.78, 5) is 22.1. The van der Waals surface area contributed by atoms with E-state index in [0.717, 1.165) is 11.3 Å². The van der Waals surface area contributed by atoms with E-state index in [9.17, 15) is 25.2 Å². The number of ketones is 1. The van der Waals surface area contributed by atoms with Crippen LogP contribution in [0, 0.1) is 19.3 Å². The van der Waals surface area contributed by atoms with Gasteiger partial charge >= 0.3 is 0 Å². The molecule has 3 heterocycles. The number of thiazole rings is 2. The molecule has 162 valence electrons. The van der Waals surface area contributed by atoms with Crippen molar-refractivity contribution in [1.29, 1.82) is 0 Å². The van der Waals surface area contributed by atoms with E-state index in [-0.39, 0.29) is 12.3 Å². The van der Waals surface area contributed by atoms with Gasteiger partial charge in [0.1, 0.15) is 35.4 Å². The Kier molecular flexibility index (Phi) is 7.37. The second-order valence-corrected chi connectivity index (χ2v) is 8.63. The fourth-order valence-corrected chi connectivity index (χ4v) is 4.67. The van der Waals surface area contributed by atoms with Crippen molar-refractivity contribution in [3.05, 3.63) is 21.6 Å². The maximum atomic E-state index is 12.8. The predicted molar refractivity (Wildman–Crippen MR) is 112 cm³/mol. The molecular formula is C18H22N4O6S2. The lowest BCUT2D eigenvalue weighted by Gasteiger charge is -2.40. The second kappa shape index (κ2) is 9.80. The lowest BCUT2D eigenvalue weighted by atomic mass is 9.95. The number of rotatable bonds is 8. The number of aliphatic hydroxyl groups is 4. The number of anilines is 2. The van der Waals surface area contributed by atoms with Gasteiger partial charge in [-0.05, 0) is 6.92 Å². The Hall–Kier alpha value is -2.11. The van der Waals surface area contributed by atoms with Gasteiger partial charge in [0, 0.05) is 6.54 Å². The van der Waals surface area contributed by atoms with E-state index in [1.54, 1.807) is 6.92 Å². The van der Waals surface area contributed by atoms with E-state index >= 15 is 0 Å². The van der Waals surface area contributed by atoms with Crippen molar-refractivity contribution in [1.82, 2.24) is 9.97 Å². The molecule has 0 aliphatic carbocycles. The molecule has 1 saturated heterocycles. The molecule has 0 amide bonds. The molecule has 12 heteroatoms. The van der Waals surface area contributed by atoms with E-state index < -0.39 is 37.1 Å². The van der Waals surface area contributed by atoms with Crippen molar-refractivity contribution in [3.63, 3.8) is 0 Å². The van der Waals surface area contributed by atoms with Gasteiger partial charge in [0.25, 0.3) is 0 Å². The molecule has 10 nitrogen and oxygen atoms in total. The Morgan fingerprint density at radius 1 is 1.20 bits per heavy atom. The normalized spacial score (nSPS) is 26.2. The number of carbonyl (C=O) groups is 1. The zero-order chi connectivity index (χ0) is 21.8. The average Bonchev–Trinajstić information content (AvgIpc) is 3.36. The maximum absolute atomic E-state index is 12.8. The van der Waals surface area contributed by atoms with Gasteiger partial charge in [0.15, 0.2) is 10.3 Å². The number of terminal acetylenes is 1. The fraction of sp³-hybridized carbons (Fsp3) is 0.500. The average molecular weight is 455 g/mol. The highest BCUT2D eigenvalue weighted by molar-refractivity contribution is 7.20. The molecule has 30 heavy (non-hydrogen) atoms. The van der Waals surface area contributed by atoms with Gasteiger partial charge in [-0.1, -0.05) is 28.6 Å². The van der Waals surface area contributed by atoms with Crippen LogP contribution < -0.4 is 10.6 Å². The lowest BCUT2D eigenvalue weighted by molar-refractivity contribution is -0.225. The summed E-state index contributed by atoms with van der Waals surface area (Å²) in [5, 5.41) is 45.9. The molecule has 0 spiro atoms. The van der Waals surface area contributed by atoms with E-state index in [1.807, 2.05) is 0 Å². The number of nitrogens with zero attached hydrogens (tertiary/aromatic N) is 2. The monoisotopic (exact) mass is 454 g/mol. The van der Waals surface area contributed by atoms with E-state index in [4.69, 9.17) is 11.2 Å². The van der Waals surface area contributed by atoms with Gasteiger partial charge < -0.3 is 35.8 Å². The third-order valence-corrected chi connectivity index (χ3v) is 6.59. The third kappa shape index (κ3) is 4.79. The maximum Gasteiger partial charge on any atom is 0.216 e. The molecule has 0 saturated carbocycles. The molecular weight excluding hydrogens is 432 g/mol. The van der Waals surface area contributed by atoms with Gasteiger partial charge in [-0.2, -0.15) is 0 Å². The quantitative estimate of drug-likeness (QED) is 0.226. The summed E-state index contributed by atoms with van der Waals surface area (Å²) in [6.07, 6.45) is 0.609. The van der Waals surface area contributed by atoms with Gasteiger partial charge in [-0.15, -0.1) is 6.42 Å². The van der Waals surface area contributed by atoms with Crippen LogP contribution in [0.3, 0.4) is 0 Å². The van der Waals surface area contributed by atoms with Crippen LogP contribution >= 0.6 is 22.7 Å². The van der Waals surface area contributed by atoms with Crippen LogP contribution in [0.1, 0.15) is 20.2 Å². The highest BCUT2D eigenvalue weighted by Crippen LogP contribution is 2.29. The highest BCUT2D eigenvalue weighted by Gasteiger charge is 2.43. The fourth-order valence-electron chi connectivity index (χ4n) is 2.92. The molecule has 3 rings (SSSR count). The minimum atomic E-state index is -1.44. The number of nitrogens with one attached hydrogen (secondary N) is 2. The van der Waals surface area contributed by atoms with Crippen molar-refractivity contribution in [2.24, 2.45) is 0 Å². The molecule has 0 radical (unpaired) electrons. The van der Waals surface area contributed by atoms with Crippen LogP contribution in [0.25, 0.3) is 0 Å². The summed E-state index contributed by atoms with van der Waals surface area (Å²) >= 11 is 2.34. The molecule has 1 aliphatic rings. The molecule has 1 aliphatic heterocycles. The summed E-state index contributed by atoms with van der Waals surface area (Å²) in [5.41, 5.74) is 0.591. The van der Waals surface area contributed by atoms with Crippen LogP contribution in [-0.4, -0.2) is 86.4 Å². The van der Waals surface area contributed by atoms with Crippen LogP contribution in [0.5, 0.6) is 0 Å². The zero-order valence-corrected chi connectivity index (χ0v) is 17.6. The topological polar surface area (TPSA) is 157 Å². The second-order valence-electron chi connectivity index (χ2n) is 6.60. The Labute approximate surface area is 180 Å². The summed E-state index contributed by atoms with van der Waals surface area (Å²) in [6, 6.07) is 0. The molecule has 0 aromatic carbocycles. The first-order chi connectivity index (χ1) is 14.3. The highest BCUT2D eigenvalue weighted by atomic mass is 32.1. The SMILES string of the molecule is C#CCNc1nc(C)c(C(=O)c2cnc(NCC3OC(CO)C(O)C(O)C3O)s2)s1. The van der Waals surface area contributed by atoms with Crippen molar-refractivity contribution in [2.75, 3.05) is 30.3 Å². The Morgan fingerprint density at radius 2 is 1.93 bits per heavy atom. The Balaban J connectivity index is 1.63. The Morgan fingerprint density at radius 3 is 2.63 bits per heavy atom. The van der Waals surface area contributed by atoms with Crippen molar-refractivity contribution < 1.29 is 30.0 Å². The van der Waals surface area contributed by atoms with E-state index in [0.29, 0.717) is 32.3 Å². The number of hydrogen-bond donors (Lipinski definition) is 6. The molecule has 2 aromatic heterocycles. The first-order valence-corrected chi connectivity index (χ1v) is 10.7. The molecule has 2 aromatic rings. The lowest BCUT2D eigenvalue weighted by Crippen LogP contribution is -2.60. The van der Waals surface area contributed by atoms with E-state index in [2.05, 4.69) is 26.5 Å². The molecule has 5 atom stereocenters. The number of carbonyl (C=O) groups excluding carboxylic acids is 1. The number of aryl methyl sites for hydroxylation is 1. The molecule has 0 bridgehead atoms. The first kappa shape index (κ1) is 22.6. The van der Waals surface area contributed by atoms with Crippen LogP contribution in [0.2, 0.25) is 0 Å². The van der Waals surface area contributed by atoms with Crippen molar-refractivity contribution in [3.8, 4) is 12.3 Å². The van der Waals surface area contributed by atoms with Gasteiger partial charge in [0.2, 0.25) is 5.78 Å². The summed E-state index contributed by atoms with van der Waals surface area (Å²) in [5.74, 6) is 2.24. The minimum Gasteiger partial charge on any atom is -0.394 e. The summed E-state index contributed by atoms with van der Waals surface area (Å²) in [7, 11) is 0. The number of ether oxygens (including phenoxy) is 1. The van der Waals surface area contributed by atoms with Crippen LogP contribution in [-0.2, 0) is 4.74 Å². The first-order valence-electron chi connectivity index (χ1n) is 9.05. The number of aromatic nitrogens is 2. The van der Waals surface area contributed by atoms with Gasteiger partial charge in [-0.3, -0.25) is 4.79 Å². The Bertz CT molecular complexity index is 924. The molecule has 6 N–H and O–H groups in total. The predicted octanol–water partition coefficient (Wildman–Crippen LogP) is -0.562. The smallest absolute Gasteiger partial charge is 0.216 e. The largest absolute Gasteiger partial charge is 0.394 e. The van der Waals surface area contributed by atoms with Crippen LogP contribution in [0.15, 0.2) is 6.20 Å².